The number of carbonyl (C=O) groups excluding carboxylic acids is 2. The molecule has 0 bridgehead atoms. The molecule has 2 N–H and O–H groups in total. The fourth-order valence-corrected chi connectivity index (χ4v) is 2.59. The van der Waals surface area contributed by atoms with Gasteiger partial charge >= 0.3 is 23.9 Å². The van der Waals surface area contributed by atoms with Crippen molar-refractivity contribution in [3.8, 4) is 0 Å². The standard InChI is InChI=1S/C14H22O8/c1-5-13(9(15)16,10(17)18)14(6-2,11(19)21-7-3)12(20)22-8-4/h5-8H2,1-4H3,(H,15,16)(H,17,18). The molecule has 0 aromatic heterocycles. The van der Waals surface area contributed by atoms with Crippen molar-refractivity contribution >= 4 is 23.9 Å². The van der Waals surface area contributed by atoms with Crippen LogP contribution >= 0.6 is 0 Å². The summed E-state index contributed by atoms with van der Waals surface area (Å²) < 4.78 is 9.61. The molecule has 8 heteroatoms. The molecule has 0 aliphatic rings. The van der Waals surface area contributed by atoms with Gasteiger partial charge in [-0.2, -0.15) is 0 Å². The van der Waals surface area contributed by atoms with E-state index in [9.17, 15) is 29.4 Å². The first-order valence-electron chi connectivity index (χ1n) is 7.03. The highest BCUT2D eigenvalue weighted by Gasteiger charge is 2.70. The van der Waals surface area contributed by atoms with Gasteiger partial charge in [-0.15, -0.1) is 0 Å². The van der Waals surface area contributed by atoms with Gasteiger partial charge in [0, 0.05) is 0 Å². The van der Waals surface area contributed by atoms with Gasteiger partial charge in [0.15, 0.2) is 10.8 Å². The lowest BCUT2D eigenvalue weighted by molar-refractivity contribution is -0.200. The number of carboxylic acids is 2. The number of carbonyl (C=O) groups is 4. The molecule has 0 spiro atoms. The van der Waals surface area contributed by atoms with E-state index in [0.29, 0.717) is 0 Å². The van der Waals surface area contributed by atoms with Crippen LogP contribution in [0.25, 0.3) is 0 Å². The molecule has 0 radical (unpaired) electrons. The summed E-state index contributed by atoms with van der Waals surface area (Å²) in [6.45, 7) is 5.32. The first kappa shape index (κ1) is 19.9. The Balaban J connectivity index is 6.57. The third-order valence-corrected chi connectivity index (χ3v) is 3.77. The fraction of sp³-hybridized carbons (Fsp3) is 0.714. The average molecular weight is 318 g/mol. The molecule has 0 saturated carbocycles. The van der Waals surface area contributed by atoms with Gasteiger partial charge in [-0.25, -0.2) is 0 Å². The van der Waals surface area contributed by atoms with Crippen LogP contribution in [0.5, 0.6) is 0 Å². The molecule has 0 saturated heterocycles. The monoisotopic (exact) mass is 318 g/mol. The maximum absolute atomic E-state index is 12.4. The van der Waals surface area contributed by atoms with E-state index >= 15 is 0 Å². The van der Waals surface area contributed by atoms with E-state index in [2.05, 4.69) is 0 Å². The third-order valence-electron chi connectivity index (χ3n) is 3.77. The van der Waals surface area contributed by atoms with E-state index < -0.39 is 41.1 Å². The molecule has 0 aliphatic heterocycles. The second-order valence-electron chi connectivity index (χ2n) is 4.57. The van der Waals surface area contributed by atoms with Crippen LogP contribution in [-0.2, 0) is 28.7 Å². The Bertz CT molecular complexity index is 422. The topological polar surface area (TPSA) is 127 Å². The number of ether oxygens (including phenoxy) is 2. The zero-order valence-corrected chi connectivity index (χ0v) is 13.2. The smallest absolute Gasteiger partial charge is 0.325 e. The van der Waals surface area contributed by atoms with Gasteiger partial charge in [0.1, 0.15) is 0 Å². The summed E-state index contributed by atoms with van der Waals surface area (Å²) in [6, 6.07) is 0. The quantitative estimate of drug-likeness (QED) is 0.477. The Morgan fingerprint density at radius 3 is 1.23 bits per heavy atom. The molecule has 0 unspecified atom stereocenters. The second kappa shape index (κ2) is 7.77. The number of hydrogen-bond acceptors (Lipinski definition) is 6. The molecule has 8 nitrogen and oxygen atoms in total. The zero-order valence-electron chi connectivity index (χ0n) is 13.2. The Labute approximate surface area is 128 Å². The molecule has 0 fully saturated rings. The van der Waals surface area contributed by atoms with Gasteiger partial charge in [-0.05, 0) is 26.7 Å². The van der Waals surface area contributed by atoms with Gasteiger partial charge in [0.25, 0.3) is 0 Å². The molecule has 22 heavy (non-hydrogen) atoms. The summed E-state index contributed by atoms with van der Waals surface area (Å²) >= 11 is 0. The third kappa shape index (κ3) is 2.77. The minimum absolute atomic E-state index is 0.126. The first-order valence-corrected chi connectivity index (χ1v) is 7.03. The average Bonchev–Trinajstić information content (AvgIpc) is 2.44. The Kier molecular flexibility index (Phi) is 7.02. The highest BCUT2D eigenvalue weighted by molar-refractivity contribution is 6.13. The minimum Gasteiger partial charge on any atom is -0.480 e. The summed E-state index contributed by atoms with van der Waals surface area (Å²) in [7, 11) is 0. The van der Waals surface area contributed by atoms with Gasteiger partial charge in [-0.3, -0.25) is 19.2 Å². The Morgan fingerprint density at radius 2 is 1.05 bits per heavy atom. The van der Waals surface area contributed by atoms with E-state index in [-0.39, 0.29) is 19.6 Å². The van der Waals surface area contributed by atoms with Crippen LogP contribution in [0, 0.1) is 10.8 Å². The number of hydrogen-bond donors (Lipinski definition) is 2. The maximum Gasteiger partial charge on any atom is 0.325 e. The highest BCUT2D eigenvalue weighted by atomic mass is 16.6. The van der Waals surface area contributed by atoms with Gasteiger partial charge in [0.2, 0.25) is 0 Å². The van der Waals surface area contributed by atoms with Crippen molar-refractivity contribution < 1.29 is 38.9 Å². The highest BCUT2D eigenvalue weighted by Crippen LogP contribution is 2.48. The van der Waals surface area contributed by atoms with Crippen LogP contribution < -0.4 is 0 Å². The van der Waals surface area contributed by atoms with Crippen LogP contribution in [0.3, 0.4) is 0 Å². The Hall–Kier alpha value is -2.12. The Morgan fingerprint density at radius 1 is 0.727 bits per heavy atom. The molecule has 126 valence electrons. The van der Waals surface area contributed by atoms with Crippen LogP contribution in [0.15, 0.2) is 0 Å². The second-order valence-corrected chi connectivity index (χ2v) is 4.57. The lowest BCUT2D eigenvalue weighted by Gasteiger charge is -2.39. The molecule has 0 atom stereocenters. The van der Waals surface area contributed by atoms with Crippen molar-refractivity contribution in [3.63, 3.8) is 0 Å². The summed E-state index contributed by atoms with van der Waals surface area (Å²) in [5.74, 6) is -5.99. The van der Waals surface area contributed by atoms with Crippen LogP contribution in [0.2, 0.25) is 0 Å². The summed E-state index contributed by atoms with van der Waals surface area (Å²) in [6.07, 6.45) is -0.861. The predicted molar refractivity (Wildman–Crippen MR) is 74.0 cm³/mol. The molecule has 0 aromatic carbocycles. The summed E-state index contributed by atoms with van der Waals surface area (Å²) in [5, 5.41) is 19.0. The van der Waals surface area contributed by atoms with Crippen molar-refractivity contribution in [2.75, 3.05) is 13.2 Å². The van der Waals surface area contributed by atoms with E-state index in [1.165, 1.54) is 27.7 Å². The van der Waals surface area contributed by atoms with E-state index in [0.717, 1.165) is 0 Å². The van der Waals surface area contributed by atoms with Crippen molar-refractivity contribution in [3.05, 3.63) is 0 Å². The molecule has 0 rings (SSSR count). The van der Waals surface area contributed by atoms with Crippen molar-refractivity contribution in [2.24, 2.45) is 10.8 Å². The fourth-order valence-electron chi connectivity index (χ4n) is 2.59. The molecular formula is C14H22O8. The molecule has 0 aromatic rings. The molecule has 0 aliphatic carbocycles. The number of rotatable bonds is 9. The maximum atomic E-state index is 12.4. The summed E-state index contributed by atoms with van der Waals surface area (Å²) in [4.78, 5) is 48.2. The van der Waals surface area contributed by atoms with Crippen molar-refractivity contribution in [1.82, 2.24) is 0 Å². The minimum atomic E-state index is -2.67. The van der Waals surface area contributed by atoms with Gasteiger partial charge in [-0.1, -0.05) is 13.8 Å². The molecule has 0 heterocycles. The normalized spacial score (nSPS) is 11.6. The lowest BCUT2D eigenvalue weighted by atomic mass is 9.59. The van der Waals surface area contributed by atoms with E-state index in [1.54, 1.807) is 0 Å². The number of carboxylic acid groups (broad SMARTS) is 2. The van der Waals surface area contributed by atoms with Gasteiger partial charge < -0.3 is 19.7 Å². The van der Waals surface area contributed by atoms with Crippen LogP contribution in [0.1, 0.15) is 40.5 Å². The number of aliphatic carboxylic acids is 2. The largest absolute Gasteiger partial charge is 0.480 e. The SMILES string of the molecule is CCOC(=O)C(CC)(C(=O)OCC)C(CC)(C(=O)O)C(=O)O. The molecular weight excluding hydrogens is 296 g/mol. The van der Waals surface area contributed by atoms with Crippen LogP contribution in [-0.4, -0.2) is 47.3 Å². The zero-order chi connectivity index (χ0) is 17.6. The predicted octanol–water partition coefficient (Wildman–Crippen LogP) is 1.07. The van der Waals surface area contributed by atoms with Crippen molar-refractivity contribution in [2.45, 2.75) is 40.5 Å². The summed E-state index contributed by atoms with van der Waals surface area (Å²) in [5.41, 5.74) is -5.12. The van der Waals surface area contributed by atoms with Crippen LogP contribution in [0.4, 0.5) is 0 Å². The lowest BCUT2D eigenvalue weighted by Crippen LogP contribution is -2.61. The van der Waals surface area contributed by atoms with E-state index in [1.807, 2.05) is 0 Å². The van der Waals surface area contributed by atoms with Gasteiger partial charge in [0.05, 0.1) is 13.2 Å². The van der Waals surface area contributed by atoms with E-state index in [4.69, 9.17) is 9.47 Å². The molecule has 0 amide bonds. The number of esters is 2. The van der Waals surface area contributed by atoms with Crippen molar-refractivity contribution in [1.29, 1.82) is 0 Å². The first-order chi connectivity index (χ1) is 10.2.